The fourth-order valence-corrected chi connectivity index (χ4v) is 1.40. The molecule has 2 N–H and O–H groups in total. The summed E-state index contributed by atoms with van der Waals surface area (Å²) in [6.07, 6.45) is 1.68. The van der Waals surface area contributed by atoms with Gasteiger partial charge in [-0.1, -0.05) is 18.5 Å². The molecule has 7 nitrogen and oxygen atoms in total. The number of H-pyrrole nitrogens is 1. The first-order chi connectivity index (χ1) is 8.69. The summed E-state index contributed by atoms with van der Waals surface area (Å²) in [6.45, 7) is 2.02. The van der Waals surface area contributed by atoms with Crippen LogP contribution in [0.3, 0.4) is 0 Å². The van der Waals surface area contributed by atoms with Crippen LogP contribution in [0.5, 0.6) is 0 Å². The van der Waals surface area contributed by atoms with Crippen molar-refractivity contribution in [2.45, 2.75) is 19.8 Å². The van der Waals surface area contributed by atoms with Crippen molar-refractivity contribution in [3.8, 4) is 0 Å². The summed E-state index contributed by atoms with van der Waals surface area (Å²) in [5.74, 6) is 0.622. The van der Waals surface area contributed by atoms with E-state index in [-0.39, 0.29) is 11.0 Å². The standard InChI is InChI=1S/C10H11ClN6O/c1-2-3-7-12-9(17-16-7)10(18)13-8-5-4-6(11)14-15-8/h4-5H,2-3H2,1H3,(H,12,16,17)(H,13,15,18). The second-order valence-corrected chi connectivity index (χ2v) is 3.94. The number of rotatable bonds is 4. The Hall–Kier alpha value is -2.02. The van der Waals surface area contributed by atoms with Crippen molar-refractivity contribution in [2.75, 3.05) is 5.32 Å². The SMILES string of the molecule is CCCc1nc(C(=O)Nc2ccc(Cl)nn2)n[nH]1. The van der Waals surface area contributed by atoms with Gasteiger partial charge in [-0.2, -0.15) is 0 Å². The van der Waals surface area contributed by atoms with Crippen LogP contribution in [0.25, 0.3) is 0 Å². The molecule has 0 saturated heterocycles. The average Bonchev–Trinajstić information content (AvgIpc) is 2.81. The zero-order chi connectivity index (χ0) is 13.0. The molecule has 0 aliphatic heterocycles. The number of hydrogen-bond acceptors (Lipinski definition) is 5. The van der Waals surface area contributed by atoms with E-state index in [1.165, 1.54) is 6.07 Å². The largest absolute Gasteiger partial charge is 0.302 e. The molecular weight excluding hydrogens is 256 g/mol. The highest BCUT2D eigenvalue weighted by atomic mass is 35.5. The number of anilines is 1. The quantitative estimate of drug-likeness (QED) is 0.873. The molecule has 0 saturated carbocycles. The van der Waals surface area contributed by atoms with E-state index in [9.17, 15) is 4.79 Å². The van der Waals surface area contributed by atoms with Gasteiger partial charge in [0, 0.05) is 6.42 Å². The van der Waals surface area contributed by atoms with Crippen LogP contribution in [0.1, 0.15) is 29.8 Å². The van der Waals surface area contributed by atoms with E-state index in [1.807, 2.05) is 6.92 Å². The summed E-state index contributed by atoms with van der Waals surface area (Å²) >= 11 is 5.59. The van der Waals surface area contributed by atoms with Gasteiger partial charge in [-0.15, -0.1) is 15.3 Å². The van der Waals surface area contributed by atoms with Crippen molar-refractivity contribution in [3.05, 3.63) is 28.9 Å². The third kappa shape index (κ3) is 3.01. The zero-order valence-corrected chi connectivity index (χ0v) is 10.4. The topological polar surface area (TPSA) is 96.5 Å². The second-order valence-electron chi connectivity index (χ2n) is 3.55. The van der Waals surface area contributed by atoms with Crippen LogP contribution in [-0.4, -0.2) is 31.3 Å². The lowest BCUT2D eigenvalue weighted by atomic mass is 10.3. The number of aryl methyl sites for hydroxylation is 1. The monoisotopic (exact) mass is 266 g/mol. The number of nitrogens with one attached hydrogen (secondary N) is 2. The molecule has 0 radical (unpaired) electrons. The molecule has 2 heterocycles. The third-order valence-electron chi connectivity index (χ3n) is 2.10. The molecule has 94 valence electrons. The molecule has 0 aliphatic rings. The van der Waals surface area contributed by atoms with Crippen molar-refractivity contribution >= 4 is 23.3 Å². The molecule has 0 atom stereocenters. The molecule has 18 heavy (non-hydrogen) atoms. The Bertz CT molecular complexity index is 538. The maximum absolute atomic E-state index is 11.8. The zero-order valence-electron chi connectivity index (χ0n) is 9.64. The van der Waals surface area contributed by atoms with E-state index in [2.05, 4.69) is 30.7 Å². The number of aromatic nitrogens is 5. The number of nitrogens with zero attached hydrogens (tertiary/aromatic N) is 4. The van der Waals surface area contributed by atoms with E-state index in [1.54, 1.807) is 6.07 Å². The molecular formula is C10H11ClN6O. The Kier molecular flexibility index (Phi) is 3.83. The predicted octanol–water partition coefficient (Wildman–Crippen LogP) is 1.45. The van der Waals surface area contributed by atoms with Gasteiger partial charge in [-0.25, -0.2) is 4.98 Å². The highest BCUT2D eigenvalue weighted by Gasteiger charge is 2.13. The molecule has 0 unspecified atom stereocenters. The van der Waals surface area contributed by atoms with Crippen LogP contribution < -0.4 is 5.32 Å². The first-order valence-electron chi connectivity index (χ1n) is 5.41. The normalized spacial score (nSPS) is 10.3. The van der Waals surface area contributed by atoms with Crippen molar-refractivity contribution in [1.29, 1.82) is 0 Å². The number of hydrogen-bond donors (Lipinski definition) is 2. The maximum atomic E-state index is 11.8. The van der Waals surface area contributed by atoms with Crippen molar-refractivity contribution in [3.63, 3.8) is 0 Å². The number of aromatic amines is 1. The number of carbonyl (C=O) groups excluding carboxylic acids is 1. The summed E-state index contributed by atoms with van der Waals surface area (Å²) in [6, 6.07) is 3.08. The Morgan fingerprint density at radius 1 is 1.44 bits per heavy atom. The minimum Gasteiger partial charge on any atom is -0.302 e. The van der Waals surface area contributed by atoms with E-state index >= 15 is 0 Å². The lowest BCUT2D eigenvalue weighted by Crippen LogP contribution is -2.15. The summed E-state index contributed by atoms with van der Waals surface area (Å²) in [5, 5.41) is 16.6. The van der Waals surface area contributed by atoms with Gasteiger partial charge in [0.1, 0.15) is 5.82 Å². The van der Waals surface area contributed by atoms with Crippen molar-refractivity contribution < 1.29 is 4.79 Å². The molecule has 0 fully saturated rings. The van der Waals surface area contributed by atoms with Gasteiger partial charge in [-0.05, 0) is 18.6 Å². The number of amides is 1. The molecule has 2 aromatic rings. The molecule has 2 aromatic heterocycles. The maximum Gasteiger partial charge on any atom is 0.296 e. The van der Waals surface area contributed by atoms with E-state index in [0.717, 1.165) is 12.8 Å². The molecule has 0 aliphatic carbocycles. The highest BCUT2D eigenvalue weighted by molar-refractivity contribution is 6.29. The van der Waals surface area contributed by atoms with Gasteiger partial charge in [0.05, 0.1) is 0 Å². The van der Waals surface area contributed by atoms with E-state index in [4.69, 9.17) is 11.6 Å². The smallest absolute Gasteiger partial charge is 0.296 e. The van der Waals surface area contributed by atoms with Gasteiger partial charge >= 0.3 is 0 Å². The van der Waals surface area contributed by atoms with Gasteiger partial charge in [0.2, 0.25) is 5.82 Å². The third-order valence-corrected chi connectivity index (χ3v) is 2.30. The van der Waals surface area contributed by atoms with Crippen molar-refractivity contribution in [1.82, 2.24) is 25.4 Å². The van der Waals surface area contributed by atoms with Crippen LogP contribution in [0.4, 0.5) is 5.82 Å². The van der Waals surface area contributed by atoms with Gasteiger partial charge in [0.25, 0.3) is 5.91 Å². The Morgan fingerprint density at radius 3 is 2.94 bits per heavy atom. The Labute approximate surface area is 108 Å². The minimum atomic E-state index is -0.440. The molecule has 0 aromatic carbocycles. The fraction of sp³-hybridized carbons (Fsp3) is 0.300. The fourth-order valence-electron chi connectivity index (χ4n) is 1.30. The minimum absolute atomic E-state index is 0.0789. The lowest BCUT2D eigenvalue weighted by Gasteiger charge is -1.99. The first kappa shape index (κ1) is 12.4. The number of carbonyl (C=O) groups is 1. The van der Waals surface area contributed by atoms with Crippen LogP contribution in [0.15, 0.2) is 12.1 Å². The van der Waals surface area contributed by atoms with Crippen LogP contribution in [0.2, 0.25) is 5.15 Å². The summed E-state index contributed by atoms with van der Waals surface area (Å²) in [5.41, 5.74) is 0. The highest BCUT2D eigenvalue weighted by Crippen LogP contribution is 2.07. The molecule has 0 bridgehead atoms. The van der Waals surface area contributed by atoms with E-state index in [0.29, 0.717) is 11.6 Å². The average molecular weight is 267 g/mol. The van der Waals surface area contributed by atoms with Gasteiger partial charge < -0.3 is 5.32 Å². The van der Waals surface area contributed by atoms with Crippen LogP contribution in [-0.2, 0) is 6.42 Å². The number of halogens is 1. The predicted molar refractivity (Wildman–Crippen MR) is 65.4 cm³/mol. The lowest BCUT2D eigenvalue weighted by molar-refractivity contribution is 0.101. The molecule has 2 rings (SSSR count). The molecule has 1 amide bonds. The summed E-state index contributed by atoms with van der Waals surface area (Å²) in [7, 11) is 0. The first-order valence-corrected chi connectivity index (χ1v) is 5.78. The molecule has 8 heteroatoms. The van der Waals surface area contributed by atoms with E-state index < -0.39 is 5.91 Å². The second kappa shape index (κ2) is 5.54. The van der Waals surface area contributed by atoms with Gasteiger partial charge in [-0.3, -0.25) is 9.89 Å². The molecule has 0 spiro atoms. The van der Waals surface area contributed by atoms with Gasteiger partial charge in [0.15, 0.2) is 11.0 Å². The summed E-state index contributed by atoms with van der Waals surface area (Å²) in [4.78, 5) is 15.8. The Morgan fingerprint density at radius 2 is 2.28 bits per heavy atom. The van der Waals surface area contributed by atoms with Crippen LogP contribution in [0, 0.1) is 0 Å². The van der Waals surface area contributed by atoms with Crippen molar-refractivity contribution in [2.24, 2.45) is 0 Å². The Balaban J connectivity index is 2.04. The van der Waals surface area contributed by atoms with Crippen LogP contribution >= 0.6 is 11.6 Å². The summed E-state index contributed by atoms with van der Waals surface area (Å²) < 4.78 is 0.